The number of benzene rings is 2. The summed E-state index contributed by atoms with van der Waals surface area (Å²) >= 11 is 6.39. The second kappa shape index (κ2) is 10.5. The first-order valence-corrected chi connectivity index (χ1v) is 10.4. The molecule has 4 nitrogen and oxygen atoms in total. The van der Waals surface area contributed by atoms with Crippen molar-refractivity contribution in [2.45, 2.75) is 38.8 Å². The van der Waals surface area contributed by atoms with E-state index in [9.17, 15) is 13.2 Å². The van der Waals surface area contributed by atoms with Gasteiger partial charge in [0.15, 0.2) is 0 Å². The molecule has 0 atom stereocenters. The number of halogens is 4. The van der Waals surface area contributed by atoms with Gasteiger partial charge in [-0.2, -0.15) is 13.2 Å². The summed E-state index contributed by atoms with van der Waals surface area (Å²) in [7, 11) is 0. The molecule has 8 heteroatoms. The van der Waals surface area contributed by atoms with E-state index in [1.54, 1.807) is 12.1 Å². The monoisotopic (exact) mass is 449 g/mol. The van der Waals surface area contributed by atoms with Crippen molar-refractivity contribution >= 4 is 17.4 Å². The molecule has 0 unspecified atom stereocenters. The smallest absolute Gasteiger partial charge is 0.416 e. The van der Waals surface area contributed by atoms with E-state index in [0.29, 0.717) is 28.9 Å². The van der Waals surface area contributed by atoms with Crippen LogP contribution in [0.25, 0.3) is 0 Å². The number of rotatable bonds is 9. The van der Waals surface area contributed by atoms with Gasteiger partial charge in [-0.1, -0.05) is 37.1 Å². The minimum absolute atomic E-state index is 0.347. The number of ether oxygens (including phenoxy) is 1. The Hall–Kier alpha value is -2.80. The molecule has 2 aromatic carbocycles. The van der Waals surface area contributed by atoms with E-state index in [-0.39, 0.29) is 0 Å². The number of nitrogens with one attached hydrogen (secondary N) is 1. The Kier molecular flexibility index (Phi) is 7.74. The molecule has 0 amide bonds. The van der Waals surface area contributed by atoms with Gasteiger partial charge >= 0.3 is 6.18 Å². The molecule has 0 saturated heterocycles. The molecular weight excluding hydrogens is 427 g/mol. The van der Waals surface area contributed by atoms with E-state index in [4.69, 9.17) is 16.3 Å². The van der Waals surface area contributed by atoms with Crippen LogP contribution in [0, 0.1) is 0 Å². The summed E-state index contributed by atoms with van der Waals surface area (Å²) in [5.41, 5.74) is 1.22. The predicted octanol–water partition coefficient (Wildman–Crippen LogP) is 6.94. The third kappa shape index (κ3) is 6.59. The van der Waals surface area contributed by atoms with Crippen LogP contribution in [-0.4, -0.2) is 16.5 Å². The molecule has 0 aliphatic rings. The molecule has 0 fully saturated rings. The van der Waals surface area contributed by atoms with Gasteiger partial charge in [0.25, 0.3) is 0 Å². The van der Waals surface area contributed by atoms with Crippen LogP contribution in [0.4, 0.5) is 19.0 Å². The Balaban J connectivity index is 1.52. The Morgan fingerprint density at radius 3 is 2.19 bits per heavy atom. The highest BCUT2D eigenvalue weighted by molar-refractivity contribution is 6.33. The molecule has 0 aliphatic heterocycles. The summed E-state index contributed by atoms with van der Waals surface area (Å²) < 4.78 is 43.5. The predicted molar refractivity (Wildman–Crippen MR) is 116 cm³/mol. The minimum atomic E-state index is -4.36. The van der Waals surface area contributed by atoms with E-state index in [1.165, 1.54) is 18.5 Å². The van der Waals surface area contributed by atoms with Crippen molar-refractivity contribution < 1.29 is 17.9 Å². The summed E-state index contributed by atoms with van der Waals surface area (Å²) in [4.78, 5) is 8.47. The van der Waals surface area contributed by atoms with Crippen LogP contribution in [-0.2, 0) is 19.0 Å². The third-order valence-electron chi connectivity index (χ3n) is 4.68. The molecule has 1 aromatic heterocycles. The summed E-state index contributed by atoms with van der Waals surface area (Å²) in [6, 6.07) is 12.0. The van der Waals surface area contributed by atoms with E-state index in [1.807, 2.05) is 12.1 Å². The highest BCUT2D eigenvalue weighted by atomic mass is 35.5. The van der Waals surface area contributed by atoms with Gasteiger partial charge in [-0.15, -0.1) is 0 Å². The second-order valence-corrected chi connectivity index (χ2v) is 7.41. The lowest BCUT2D eigenvalue weighted by Gasteiger charge is -2.11. The van der Waals surface area contributed by atoms with E-state index >= 15 is 0 Å². The third-order valence-corrected chi connectivity index (χ3v) is 5.07. The molecule has 0 radical (unpaired) electrons. The van der Waals surface area contributed by atoms with Crippen LogP contribution in [0.15, 0.2) is 54.9 Å². The van der Waals surface area contributed by atoms with Gasteiger partial charge in [-0.25, -0.2) is 9.97 Å². The average molecular weight is 450 g/mol. The van der Waals surface area contributed by atoms with Gasteiger partial charge in [0.05, 0.1) is 11.3 Å². The maximum absolute atomic E-state index is 12.6. The zero-order valence-electron chi connectivity index (χ0n) is 17.0. The number of alkyl halides is 3. The molecule has 3 aromatic rings. The fourth-order valence-electron chi connectivity index (χ4n) is 2.95. The minimum Gasteiger partial charge on any atom is -0.457 e. The van der Waals surface area contributed by atoms with Crippen molar-refractivity contribution in [3.8, 4) is 11.5 Å². The van der Waals surface area contributed by atoms with Crippen LogP contribution in [0.1, 0.15) is 36.6 Å². The first-order valence-electron chi connectivity index (χ1n) is 10.0. The number of hydrogen-bond donors (Lipinski definition) is 1. The lowest BCUT2D eigenvalue weighted by atomic mass is 10.1. The van der Waals surface area contributed by atoms with Gasteiger partial charge in [0, 0.05) is 6.54 Å². The van der Waals surface area contributed by atoms with Crippen molar-refractivity contribution in [3.63, 3.8) is 0 Å². The fourth-order valence-corrected chi connectivity index (χ4v) is 3.20. The lowest BCUT2D eigenvalue weighted by molar-refractivity contribution is -0.137. The zero-order valence-corrected chi connectivity index (χ0v) is 17.8. The largest absolute Gasteiger partial charge is 0.457 e. The molecule has 1 heterocycles. The first kappa shape index (κ1) is 22.9. The highest BCUT2D eigenvalue weighted by Crippen LogP contribution is 2.31. The van der Waals surface area contributed by atoms with Crippen molar-refractivity contribution in [3.05, 3.63) is 76.7 Å². The molecule has 0 aliphatic carbocycles. The van der Waals surface area contributed by atoms with Crippen molar-refractivity contribution in [2.24, 2.45) is 0 Å². The maximum atomic E-state index is 12.6. The Labute approximate surface area is 184 Å². The van der Waals surface area contributed by atoms with Crippen LogP contribution in [0.3, 0.4) is 0 Å². The topological polar surface area (TPSA) is 47.0 Å². The van der Waals surface area contributed by atoms with Crippen LogP contribution in [0.5, 0.6) is 11.5 Å². The molecule has 1 N–H and O–H groups in total. The summed E-state index contributed by atoms with van der Waals surface area (Å²) in [6.07, 6.45) is 0.824. The maximum Gasteiger partial charge on any atom is 0.416 e. The van der Waals surface area contributed by atoms with Gasteiger partial charge in [0.1, 0.15) is 28.7 Å². The normalized spacial score (nSPS) is 11.4. The molecule has 164 valence electrons. The highest BCUT2D eigenvalue weighted by Gasteiger charge is 2.30. The van der Waals surface area contributed by atoms with Gasteiger partial charge in [0.2, 0.25) is 0 Å². The summed E-state index contributed by atoms with van der Waals surface area (Å²) in [6.45, 7) is 2.76. The lowest BCUT2D eigenvalue weighted by Crippen LogP contribution is -2.08. The van der Waals surface area contributed by atoms with E-state index in [2.05, 4.69) is 22.2 Å². The quantitative estimate of drug-likeness (QED) is 0.384. The zero-order chi connectivity index (χ0) is 22.3. The average Bonchev–Trinajstić information content (AvgIpc) is 2.75. The van der Waals surface area contributed by atoms with Crippen molar-refractivity contribution in [2.75, 3.05) is 11.9 Å². The number of aromatic nitrogens is 2. The molecule has 0 spiro atoms. The van der Waals surface area contributed by atoms with Crippen molar-refractivity contribution in [1.82, 2.24) is 9.97 Å². The standard InChI is InChI=1S/C23H23ClF3N3O/c1-2-3-4-20-21(24)22(30-15-29-20)28-14-13-16-5-9-18(10-6-16)31-19-11-7-17(8-12-19)23(25,26)27/h5-12,15H,2-4,13-14H2,1H3,(H,28,29,30). The van der Waals surface area contributed by atoms with Crippen molar-refractivity contribution in [1.29, 1.82) is 0 Å². The fraction of sp³-hybridized carbons (Fsp3) is 0.304. The van der Waals surface area contributed by atoms with Gasteiger partial charge in [-0.3, -0.25) is 0 Å². The second-order valence-electron chi connectivity index (χ2n) is 7.03. The SMILES string of the molecule is CCCCc1ncnc(NCCc2ccc(Oc3ccc(C(F)(F)F)cc3)cc2)c1Cl. The Morgan fingerprint density at radius 2 is 1.58 bits per heavy atom. The number of aryl methyl sites for hydroxylation is 1. The first-order chi connectivity index (χ1) is 14.9. The number of unbranched alkanes of at least 4 members (excludes halogenated alkanes) is 1. The summed E-state index contributed by atoms with van der Waals surface area (Å²) in [5, 5.41) is 3.81. The Bertz CT molecular complexity index is 977. The molecule has 3 rings (SSSR count). The molecule has 0 saturated carbocycles. The van der Waals surface area contributed by atoms with Gasteiger partial charge in [-0.05, 0) is 61.2 Å². The number of nitrogens with zero attached hydrogens (tertiary/aromatic N) is 2. The van der Waals surface area contributed by atoms with E-state index in [0.717, 1.165) is 49.1 Å². The van der Waals surface area contributed by atoms with Crippen LogP contribution < -0.4 is 10.1 Å². The van der Waals surface area contributed by atoms with Gasteiger partial charge < -0.3 is 10.1 Å². The number of anilines is 1. The molecule has 31 heavy (non-hydrogen) atoms. The van der Waals surface area contributed by atoms with Crippen LogP contribution in [0.2, 0.25) is 5.02 Å². The number of hydrogen-bond acceptors (Lipinski definition) is 4. The summed E-state index contributed by atoms with van der Waals surface area (Å²) in [5.74, 6) is 1.53. The Morgan fingerprint density at radius 1 is 0.935 bits per heavy atom. The molecule has 0 bridgehead atoms. The van der Waals surface area contributed by atoms with E-state index < -0.39 is 11.7 Å². The van der Waals surface area contributed by atoms with Crippen LogP contribution >= 0.6 is 11.6 Å². The molecular formula is C23H23ClF3N3O.